The fourth-order valence-electron chi connectivity index (χ4n) is 2.79. The van der Waals surface area contributed by atoms with Gasteiger partial charge in [-0.1, -0.05) is 65.3 Å². The van der Waals surface area contributed by atoms with Crippen LogP contribution < -0.4 is 5.32 Å². The zero-order valence-corrected chi connectivity index (χ0v) is 19.6. The van der Waals surface area contributed by atoms with Crippen molar-refractivity contribution in [2.45, 2.75) is 51.6 Å². The van der Waals surface area contributed by atoms with Crippen LogP contribution in [0.15, 0.2) is 59.1 Å². The third-order valence-corrected chi connectivity index (χ3v) is 6.23. The number of nitrogens with zero attached hydrogens (tertiary/aromatic N) is 1. The van der Waals surface area contributed by atoms with Crippen molar-refractivity contribution in [1.29, 1.82) is 0 Å². The van der Waals surface area contributed by atoms with Gasteiger partial charge in [-0.05, 0) is 43.5 Å². The van der Waals surface area contributed by atoms with Crippen molar-refractivity contribution in [2.24, 2.45) is 0 Å². The molecule has 2 aromatic carbocycles. The van der Waals surface area contributed by atoms with E-state index >= 15 is 0 Å². The Morgan fingerprint density at radius 2 is 1.76 bits per heavy atom. The lowest BCUT2D eigenvalue weighted by molar-refractivity contribution is -0.138. The Balaban J connectivity index is 2.07. The van der Waals surface area contributed by atoms with E-state index in [4.69, 9.17) is 0 Å². The van der Waals surface area contributed by atoms with Crippen molar-refractivity contribution in [3.8, 4) is 0 Å². The number of benzene rings is 2. The highest BCUT2D eigenvalue weighted by Gasteiger charge is 2.26. The number of nitrogens with one attached hydrogen (secondary N) is 1. The van der Waals surface area contributed by atoms with Crippen molar-refractivity contribution in [3.05, 3.63) is 70.2 Å². The number of hydrogen-bond acceptors (Lipinski definition) is 3. The van der Waals surface area contributed by atoms with Gasteiger partial charge in [-0.3, -0.25) is 9.59 Å². The molecular weight excluding hydrogens is 448 g/mol. The van der Waals surface area contributed by atoms with Crippen LogP contribution in [0.2, 0.25) is 0 Å². The van der Waals surface area contributed by atoms with Crippen molar-refractivity contribution in [3.63, 3.8) is 0 Å². The second-order valence-corrected chi connectivity index (χ2v) is 9.03. The van der Waals surface area contributed by atoms with E-state index in [2.05, 4.69) is 33.4 Å². The molecule has 2 rings (SSSR count). The molecule has 0 heterocycles. The molecule has 4 nitrogen and oxygen atoms in total. The van der Waals surface area contributed by atoms with Gasteiger partial charge in [-0.15, -0.1) is 11.8 Å². The second-order valence-electron chi connectivity index (χ2n) is 7.12. The van der Waals surface area contributed by atoms with E-state index in [9.17, 15) is 9.59 Å². The Kier molecular flexibility index (Phi) is 9.74. The SMILES string of the molecule is CCC(C)NC(=O)C(C)N(Cc1cccc(Br)c1)C(=O)CSCc1ccccc1. The minimum Gasteiger partial charge on any atom is -0.352 e. The first-order chi connectivity index (χ1) is 13.9. The number of thioether (sulfide) groups is 1. The minimum absolute atomic E-state index is 0.0299. The molecule has 1 N–H and O–H groups in total. The Bertz CT molecular complexity index is 800. The number of halogens is 1. The van der Waals surface area contributed by atoms with Crippen LogP contribution in [0.25, 0.3) is 0 Å². The average molecular weight is 477 g/mol. The summed E-state index contributed by atoms with van der Waals surface area (Å²) in [6.07, 6.45) is 0.852. The Morgan fingerprint density at radius 1 is 1.07 bits per heavy atom. The Morgan fingerprint density at radius 3 is 2.41 bits per heavy atom. The van der Waals surface area contributed by atoms with Crippen LogP contribution in [0.5, 0.6) is 0 Å². The van der Waals surface area contributed by atoms with E-state index in [0.717, 1.165) is 22.2 Å². The lowest BCUT2D eigenvalue weighted by Gasteiger charge is -2.29. The minimum atomic E-state index is -0.534. The summed E-state index contributed by atoms with van der Waals surface area (Å²) in [5, 5.41) is 2.99. The summed E-state index contributed by atoms with van der Waals surface area (Å²) in [7, 11) is 0. The molecule has 2 atom stereocenters. The third kappa shape index (κ3) is 7.86. The zero-order chi connectivity index (χ0) is 21.2. The highest BCUT2D eigenvalue weighted by atomic mass is 79.9. The fraction of sp³-hybridized carbons (Fsp3) is 0.391. The van der Waals surface area contributed by atoms with Gasteiger partial charge < -0.3 is 10.2 Å². The summed E-state index contributed by atoms with van der Waals surface area (Å²) in [5.74, 6) is 0.961. The molecule has 0 bridgehead atoms. The van der Waals surface area contributed by atoms with Crippen molar-refractivity contribution in [2.75, 3.05) is 5.75 Å². The Hall–Kier alpha value is -1.79. The monoisotopic (exact) mass is 476 g/mol. The van der Waals surface area contributed by atoms with Gasteiger partial charge in [0.1, 0.15) is 6.04 Å². The molecule has 2 amide bonds. The van der Waals surface area contributed by atoms with Crippen LogP contribution >= 0.6 is 27.7 Å². The van der Waals surface area contributed by atoms with Crippen molar-refractivity contribution >= 4 is 39.5 Å². The van der Waals surface area contributed by atoms with Gasteiger partial charge in [0.15, 0.2) is 0 Å². The van der Waals surface area contributed by atoms with Gasteiger partial charge in [0, 0.05) is 22.8 Å². The summed E-state index contributed by atoms with van der Waals surface area (Å²) in [4.78, 5) is 27.4. The number of carbonyl (C=O) groups excluding carboxylic acids is 2. The molecule has 0 saturated carbocycles. The first-order valence-corrected chi connectivity index (χ1v) is 11.8. The van der Waals surface area contributed by atoms with E-state index < -0.39 is 6.04 Å². The summed E-state index contributed by atoms with van der Waals surface area (Å²) < 4.78 is 0.956. The van der Waals surface area contributed by atoms with Crippen LogP contribution in [0, 0.1) is 0 Å². The van der Waals surface area contributed by atoms with Gasteiger partial charge in [-0.2, -0.15) is 0 Å². The molecule has 2 unspecified atom stereocenters. The Labute approximate surface area is 186 Å². The molecule has 29 heavy (non-hydrogen) atoms. The van der Waals surface area contributed by atoms with Gasteiger partial charge in [0.25, 0.3) is 0 Å². The lowest BCUT2D eigenvalue weighted by Crippen LogP contribution is -2.50. The molecule has 0 radical (unpaired) electrons. The molecule has 6 heteroatoms. The summed E-state index contributed by atoms with van der Waals surface area (Å²) >= 11 is 5.05. The number of carbonyl (C=O) groups is 2. The maximum absolute atomic E-state index is 13.0. The predicted molar refractivity (Wildman–Crippen MR) is 125 cm³/mol. The first kappa shape index (κ1) is 23.5. The van der Waals surface area contributed by atoms with Crippen LogP contribution in [0.1, 0.15) is 38.3 Å². The molecular formula is C23H29BrN2O2S. The maximum Gasteiger partial charge on any atom is 0.242 e. The summed E-state index contributed by atoms with van der Waals surface area (Å²) in [6, 6.07) is 17.5. The molecule has 0 aliphatic heterocycles. The van der Waals surface area contributed by atoms with Crippen LogP contribution in [0.4, 0.5) is 0 Å². The van der Waals surface area contributed by atoms with Crippen LogP contribution in [-0.4, -0.2) is 34.6 Å². The van der Waals surface area contributed by atoms with E-state index in [-0.39, 0.29) is 17.9 Å². The van der Waals surface area contributed by atoms with Crippen molar-refractivity contribution in [1.82, 2.24) is 10.2 Å². The van der Waals surface area contributed by atoms with Crippen LogP contribution in [-0.2, 0) is 21.9 Å². The van der Waals surface area contributed by atoms with Gasteiger partial charge in [-0.25, -0.2) is 0 Å². The summed E-state index contributed by atoms with van der Waals surface area (Å²) in [6.45, 7) is 6.20. The molecule has 0 fully saturated rings. The molecule has 0 aromatic heterocycles. The quantitative estimate of drug-likeness (QED) is 0.523. The molecule has 156 valence electrons. The number of hydrogen-bond donors (Lipinski definition) is 1. The van der Waals surface area contributed by atoms with Gasteiger partial charge >= 0.3 is 0 Å². The standard InChI is InChI=1S/C23H29BrN2O2S/c1-4-17(2)25-23(28)18(3)26(14-20-11-8-12-21(24)13-20)22(27)16-29-15-19-9-6-5-7-10-19/h5-13,17-18H,4,14-16H2,1-3H3,(H,25,28). The topological polar surface area (TPSA) is 49.4 Å². The smallest absolute Gasteiger partial charge is 0.242 e. The molecule has 0 spiro atoms. The largest absolute Gasteiger partial charge is 0.352 e. The van der Waals surface area contributed by atoms with E-state index in [1.807, 2.05) is 56.3 Å². The van der Waals surface area contributed by atoms with E-state index in [1.165, 1.54) is 5.56 Å². The molecule has 0 aliphatic rings. The average Bonchev–Trinajstić information content (AvgIpc) is 2.72. The normalized spacial score (nSPS) is 12.8. The molecule has 0 saturated heterocycles. The highest BCUT2D eigenvalue weighted by molar-refractivity contribution is 9.10. The summed E-state index contributed by atoms with van der Waals surface area (Å²) in [5.41, 5.74) is 2.18. The zero-order valence-electron chi connectivity index (χ0n) is 17.2. The lowest BCUT2D eigenvalue weighted by atomic mass is 10.1. The van der Waals surface area contributed by atoms with Gasteiger partial charge in [0.05, 0.1) is 5.75 Å². The number of rotatable bonds is 10. The van der Waals surface area contributed by atoms with E-state index in [1.54, 1.807) is 23.6 Å². The van der Waals surface area contributed by atoms with Crippen molar-refractivity contribution < 1.29 is 9.59 Å². The van der Waals surface area contributed by atoms with Crippen LogP contribution in [0.3, 0.4) is 0 Å². The first-order valence-electron chi connectivity index (χ1n) is 9.86. The fourth-order valence-corrected chi connectivity index (χ4v) is 4.11. The third-order valence-electron chi connectivity index (χ3n) is 4.75. The van der Waals surface area contributed by atoms with Gasteiger partial charge in [0.2, 0.25) is 11.8 Å². The number of amides is 2. The highest BCUT2D eigenvalue weighted by Crippen LogP contribution is 2.18. The maximum atomic E-state index is 13.0. The predicted octanol–water partition coefficient (Wildman–Crippen LogP) is 5.01. The second kappa shape index (κ2) is 12.0. The van der Waals surface area contributed by atoms with E-state index in [0.29, 0.717) is 12.3 Å². The molecule has 0 aliphatic carbocycles. The molecule has 2 aromatic rings.